The molecule has 0 amide bonds. The van der Waals surface area contributed by atoms with Gasteiger partial charge in [0.15, 0.2) is 6.29 Å². The molecule has 1 heterocycles. The molecule has 0 radical (unpaired) electrons. The normalized spacial score (nSPS) is 27.5. The second-order valence-corrected chi connectivity index (χ2v) is 6.74. The summed E-state index contributed by atoms with van der Waals surface area (Å²) in [5.41, 5.74) is 2.11. The monoisotopic (exact) mass is 390 g/mol. The zero-order valence-corrected chi connectivity index (χ0v) is 15.4. The average molecular weight is 390 g/mol. The van der Waals surface area contributed by atoms with Crippen LogP contribution >= 0.6 is 0 Å². The smallest absolute Gasteiger partial charge is 0.186 e. The Morgan fingerprint density at radius 1 is 0.821 bits per heavy atom. The predicted octanol–water partition coefficient (Wildman–Crippen LogP) is 0.625. The largest absolute Gasteiger partial charge is 0.489 e. The zero-order chi connectivity index (χ0) is 19.9. The summed E-state index contributed by atoms with van der Waals surface area (Å²) in [5.74, 6) is 0.766. The van der Waals surface area contributed by atoms with E-state index in [2.05, 4.69) is 0 Å². The summed E-state index contributed by atoms with van der Waals surface area (Å²) >= 11 is 0. The Bertz CT molecular complexity index is 704. The topological polar surface area (TPSA) is 109 Å². The highest BCUT2D eigenvalue weighted by Crippen LogP contribution is 2.22. The van der Waals surface area contributed by atoms with Gasteiger partial charge in [0.2, 0.25) is 0 Å². The number of rotatable bonds is 8. The van der Waals surface area contributed by atoms with E-state index in [0.717, 1.165) is 16.9 Å². The molecule has 0 aliphatic carbocycles. The summed E-state index contributed by atoms with van der Waals surface area (Å²) in [6.07, 6.45) is -5.71. The van der Waals surface area contributed by atoms with Crippen LogP contribution in [0, 0.1) is 0 Å². The van der Waals surface area contributed by atoms with E-state index in [9.17, 15) is 20.4 Å². The molecule has 28 heavy (non-hydrogen) atoms. The highest BCUT2D eigenvalue weighted by Gasteiger charge is 2.43. The van der Waals surface area contributed by atoms with Crippen molar-refractivity contribution in [3.8, 4) is 5.75 Å². The fraction of sp³-hybridized carbons (Fsp3) is 0.429. The van der Waals surface area contributed by atoms with Crippen molar-refractivity contribution in [2.24, 2.45) is 0 Å². The summed E-state index contributed by atoms with van der Waals surface area (Å²) in [4.78, 5) is 0. The first-order chi connectivity index (χ1) is 13.6. The molecule has 2 aromatic rings. The van der Waals surface area contributed by atoms with Crippen LogP contribution in [-0.4, -0.2) is 64.3 Å². The van der Waals surface area contributed by atoms with Gasteiger partial charge in [0.25, 0.3) is 0 Å². The van der Waals surface area contributed by atoms with E-state index in [1.807, 2.05) is 54.6 Å². The maximum atomic E-state index is 9.95. The molecule has 152 valence electrons. The predicted molar refractivity (Wildman–Crippen MR) is 101 cm³/mol. The van der Waals surface area contributed by atoms with Crippen molar-refractivity contribution in [3.63, 3.8) is 0 Å². The van der Waals surface area contributed by atoms with Crippen molar-refractivity contribution in [1.82, 2.24) is 0 Å². The van der Waals surface area contributed by atoms with Crippen LogP contribution in [0.15, 0.2) is 54.6 Å². The van der Waals surface area contributed by atoms with Gasteiger partial charge >= 0.3 is 0 Å². The van der Waals surface area contributed by atoms with E-state index < -0.39 is 37.3 Å². The maximum Gasteiger partial charge on any atom is 0.186 e. The second-order valence-electron chi connectivity index (χ2n) is 6.74. The minimum Gasteiger partial charge on any atom is -0.489 e. The lowest BCUT2D eigenvalue weighted by atomic mass is 9.99. The van der Waals surface area contributed by atoms with Gasteiger partial charge < -0.3 is 34.6 Å². The van der Waals surface area contributed by atoms with Gasteiger partial charge in [-0.2, -0.15) is 0 Å². The molecule has 0 saturated carbocycles. The van der Waals surface area contributed by atoms with Gasteiger partial charge in [0, 0.05) is 0 Å². The van der Waals surface area contributed by atoms with Gasteiger partial charge in [-0.25, -0.2) is 0 Å². The van der Waals surface area contributed by atoms with Gasteiger partial charge in [-0.15, -0.1) is 0 Å². The molecule has 7 nitrogen and oxygen atoms in total. The Kier molecular flexibility index (Phi) is 7.38. The van der Waals surface area contributed by atoms with Crippen LogP contribution in [0.4, 0.5) is 0 Å². The van der Waals surface area contributed by atoms with E-state index in [0.29, 0.717) is 13.0 Å². The number of hydrogen-bond donors (Lipinski definition) is 4. The third-order valence-electron chi connectivity index (χ3n) is 4.69. The number of aliphatic hydroxyl groups is 4. The first-order valence-corrected chi connectivity index (χ1v) is 9.26. The fourth-order valence-corrected chi connectivity index (χ4v) is 2.99. The van der Waals surface area contributed by atoms with Crippen LogP contribution in [0.25, 0.3) is 0 Å². The lowest BCUT2D eigenvalue weighted by Gasteiger charge is -2.39. The Hall–Kier alpha value is -2.00. The van der Waals surface area contributed by atoms with Crippen molar-refractivity contribution in [2.75, 3.05) is 13.2 Å². The Morgan fingerprint density at radius 2 is 1.54 bits per heavy atom. The third kappa shape index (κ3) is 5.29. The van der Waals surface area contributed by atoms with Crippen LogP contribution in [-0.2, 0) is 22.5 Å². The quantitative estimate of drug-likeness (QED) is 0.523. The molecule has 1 fully saturated rings. The number of ether oxygens (including phenoxy) is 3. The van der Waals surface area contributed by atoms with E-state index in [1.54, 1.807) is 0 Å². The second kappa shape index (κ2) is 9.97. The lowest BCUT2D eigenvalue weighted by Crippen LogP contribution is -2.59. The summed E-state index contributed by atoms with van der Waals surface area (Å²) < 4.78 is 16.6. The van der Waals surface area contributed by atoms with Gasteiger partial charge in [0.05, 0.1) is 13.2 Å². The minimum absolute atomic E-state index is 0.243. The van der Waals surface area contributed by atoms with Crippen molar-refractivity contribution >= 4 is 0 Å². The van der Waals surface area contributed by atoms with Crippen molar-refractivity contribution < 1.29 is 34.6 Å². The van der Waals surface area contributed by atoms with Gasteiger partial charge in [0.1, 0.15) is 36.8 Å². The molecule has 7 heteroatoms. The molecule has 2 aromatic carbocycles. The molecule has 0 aromatic heterocycles. The van der Waals surface area contributed by atoms with E-state index in [1.165, 1.54) is 0 Å². The lowest BCUT2D eigenvalue weighted by molar-refractivity contribution is -0.300. The fourth-order valence-electron chi connectivity index (χ4n) is 2.99. The maximum absolute atomic E-state index is 9.95. The molecule has 3 rings (SSSR count). The van der Waals surface area contributed by atoms with E-state index in [-0.39, 0.29) is 6.61 Å². The average Bonchev–Trinajstić information content (AvgIpc) is 2.74. The third-order valence-corrected chi connectivity index (χ3v) is 4.69. The van der Waals surface area contributed by atoms with E-state index in [4.69, 9.17) is 14.2 Å². The molecule has 0 spiro atoms. The summed E-state index contributed by atoms with van der Waals surface area (Å²) in [5, 5.41) is 38.7. The number of hydrogen-bond acceptors (Lipinski definition) is 7. The highest BCUT2D eigenvalue weighted by molar-refractivity contribution is 5.28. The molecule has 1 aliphatic heterocycles. The van der Waals surface area contributed by atoms with Crippen LogP contribution in [0.3, 0.4) is 0 Å². The zero-order valence-electron chi connectivity index (χ0n) is 15.4. The molecule has 1 saturated heterocycles. The van der Waals surface area contributed by atoms with Crippen molar-refractivity contribution in [3.05, 3.63) is 65.7 Å². The van der Waals surface area contributed by atoms with Gasteiger partial charge in [-0.1, -0.05) is 42.5 Å². The highest BCUT2D eigenvalue weighted by atomic mass is 16.7. The van der Waals surface area contributed by atoms with Crippen LogP contribution < -0.4 is 4.74 Å². The Morgan fingerprint density at radius 3 is 2.21 bits per heavy atom. The first kappa shape index (κ1) is 20.7. The Labute approximate surface area is 163 Å². The Balaban J connectivity index is 1.44. The van der Waals surface area contributed by atoms with Gasteiger partial charge in [-0.3, -0.25) is 0 Å². The summed E-state index contributed by atoms with van der Waals surface area (Å²) in [6.45, 7) is 0.266. The minimum atomic E-state index is -1.43. The SMILES string of the molecule is OC[C@H]1O[C@@H](OCCc2ccc(OCc3ccccc3)cc2)[C@H](O)[C@@H](O)[C@H]1O. The first-order valence-electron chi connectivity index (χ1n) is 9.26. The number of aliphatic hydroxyl groups excluding tert-OH is 4. The molecular weight excluding hydrogens is 364 g/mol. The van der Waals surface area contributed by atoms with Crippen LogP contribution in [0.5, 0.6) is 5.75 Å². The molecule has 4 N–H and O–H groups in total. The van der Waals surface area contributed by atoms with Gasteiger partial charge in [-0.05, 0) is 29.7 Å². The molecule has 1 aliphatic rings. The van der Waals surface area contributed by atoms with Crippen LogP contribution in [0.2, 0.25) is 0 Å². The summed E-state index contributed by atoms with van der Waals surface area (Å²) in [6, 6.07) is 17.5. The molecule has 5 atom stereocenters. The molecule has 0 bridgehead atoms. The van der Waals surface area contributed by atoms with E-state index >= 15 is 0 Å². The number of benzene rings is 2. The van der Waals surface area contributed by atoms with Crippen molar-refractivity contribution in [2.45, 2.75) is 43.7 Å². The molecular formula is C21H26O7. The van der Waals surface area contributed by atoms with Crippen molar-refractivity contribution in [1.29, 1.82) is 0 Å². The molecule has 0 unspecified atom stereocenters. The standard InChI is InChI=1S/C21H26O7/c22-12-17-18(23)19(24)20(25)21(28-17)26-11-10-14-6-8-16(9-7-14)27-13-15-4-2-1-3-5-15/h1-9,17-25H,10-13H2/t17-,18+,19+,20-,21-/m1/s1. The van der Waals surface area contributed by atoms with Crippen LogP contribution in [0.1, 0.15) is 11.1 Å². The summed E-state index contributed by atoms with van der Waals surface area (Å²) in [7, 11) is 0.